The number of anilines is 2. The number of ether oxygens (including phenoxy) is 1. The predicted molar refractivity (Wildman–Crippen MR) is 83.9 cm³/mol. The minimum absolute atomic E-state index is 0.349. The molecule has 0 bridgehead atoms. The van der Waals surface area contributed by atoms with Crippen LogP contribution in [0.25, 0.3) is 0 Å². The number of nitrogens with one attached hydrogen (secondary N) is 2. The van der Waals surface area contributed by atoms with Crippen molar-refractivity contribution in [2.75, 3.05) is 24.4 Å². The Hall–Kier alpha value is -2.18. The van der Waals surface area contributed by atoms with E-state index in [0.717, 1.165) is 18.8 Å². The van der Waals surface area contributed by atoms with Crippen molar-refractivity contribution in [3.63, 3.8) is 0 Å². The standard InChI is InChI=1S/C15H21N5O/c1-11-5-3-4-6-12(11)7-8-17-13-9-14(20-16)19-15(18-13)10-21-2/h3-6,9H,7-8,10,16H2,1-2H3,(H2,17,18,19,20). The summed E-state index contributed by atoms with van der Waals surface area (Å²) in [5, 5.41) is 3.29. The van der Waals surface area contributed by atoms with Gasteiger partial charge in [-0.2, -0.15) is 0 Å². The predicted octanol–water partition coefficient (Wildman–Crippen LogP) is 1.87. The number of nitrogen functional groups attached to an aromatic ring is 1. The summed E-state index contributed by atoms with van der Waals surface area (Å²) < 4.78 is 5.05. The number of rotatable bonds is 7. The lowest BCUT2D eigenvalue weighted by molar-refractivity contribution is 0.178. The molecular weight excluding hydrogens is 266 g/mol. The lowest BCUT2D eigenvalue weighted by Crippen LogP contribution is -2.13. The van der Waals surface area contributed by atoms with Gasteiger partial charge in [0.15, 0.2) is 5.82 Å². The van der Waals surface area contributed by atoms with Gasteiger partial charge in [0.2, 0.25) is 0 Å². The number of nitrogens with two attached hydrogens (primary N) is 1. The first kappa shape index (κ1) is 15.2. The van der Waals surface area contributed by atoms with Crippen molar-refractivity contribution in [1.82, 2.24) is 9.97 Å². The molecule has 0 spiro atoms. The van der Waals surface area contributed by atoms with Crippen LogP contribution in [-0.2, 0) is 17.8 Å². The van der Waals surface area contributed by atoms with E-state index in [2.05, 4.69) is 45.8 Å². The van der Waals surface area contributed by atoms with E-state index in [1.54, 1.807) is 13.2 Å². The minimum atomic E-state index is 0.349. The zero-order chi connectivity index (χ0) is 15.1. The lowest BCUT2D eigenvalue weighted by atomic mass is 10.1. The number of hydrazine groups is 1. The van der Waals surface area contributed by atoms with E-state index in [9.17, 15) is 0 Å². The summed E-state index contributed by atoms with van der Waals surface area (Å²) >= 11 is 0. The van der Waals surface area contributed by atoms with Crippen molar-refractivity contribution in [2.45, 2.75) is 20.0 Å². The van der Waals surface area contributed by atoms with Crippen molar-refractivity contribution in [2.24, 2.45) is 5.84 Å². The third-order valence-corrected chi connectivity index (χ3v) is 3.16. The van der Waals surface area contributed by atoms with E-state index in [-0.39, 0.29) is 0 Å². The van der Waals surface area contributed by atoms with E-state index in [1.807, 2.05) is 6.07 Å². The van der Waals surface area contributed by atoms with Gasteiger partial charge in [-0.3, -0.25) is 0 Å². The SMILES string of the molecule is COCc1nc(NN)cc(NCCc2ccccc2C)n1. The monoisotopic (exact) mass is 287 g/mol. The van der Waals surface area contributed by atoms with Crippen LogP contribution in [0.4, 0.5) is 11.6 Å². The summed E-state index contributed by atoms with van der Waals surface area (Å²) in [6.45, 7) is 3.26. The van der Waals surface area contributed by atoms with Gasteiger partial charge in [0.1, 0.15) is 18.2 Å². The molecule has 1 heterocycles. The highest BCUT2D eigenvalue weighted by molar-refractivity contribution is 5.47. The number of aromatic nitrogens is 2. The molecule has 0 saturated carbocycles. The Balaban J connectivity index is 1.99. The van der Waals surface area contributed by atoms with Crippen LogP contribution in [0, 0.1) is 6.92 Å². The average molecular weight is 287 g/mol. The number of methoxy groups -OCH3 is 1. The second-order valence-corrected chi connectivity index (χ2v) is 4.74. The second-order valence-electron chi connectivity index (χ2n) is 4.74. The van der Waals surface area contributed by atoms with Gasteiger partial charge in [0.05, 0.1) is 0 Å². The van der Waals surface area contributed by atoms with Crippen molar-refractivity contribution < 1.29 is 4.74 Å². The van der Waals surface area contributed by atoms with Gasteiger partial charge in [-0.1, -0.05) is 24.3 Å². The van der Waals surface area contributed by atoms with E-state index < -0.39 is 0 Å². The Morgan fingerprint density at radius 2 is 1.95 bits per heavy atom. The molecule has 0 aliphatic heterocycles. The molecule has 0 aliphatic rings. The fourth-order valence-corrected chi connectivity index (χ4v) is 2.07. The van der Waals surface area contributed by atoms with E-state index >= 15 is 0 Å². The maximum Gasteiger partial charge on any atom is 0.158 e. The molecule has 2 rings (SSSR count). The molecule has 0 atom stereocenters. The third kappa shape index (κ3) is 4.40. The number of hydrogen-bond acceptors (Lipinski definition) is 6. The van der Waals surface area contributed by atoms with Crippen LogP contribution >= 0.6 is 0 Å². The van der Waals surface area contributed by atoms with E-state index in [0.29, 0.717) is 18.2 Å². The van der Waals surface area contributed by atoms with Crippen molar-refractivity contribution >= 4 is 11.6 Å². The van der Waals surface area contributed by atoms with Gasteiger partial charge in [-0.05, 0) is 24.5 Å². The van der Waals surface area contributed by atoms with Crippen LogP contribution in [-0.4, -0.2) is 23.6 Å². The van der Waals surface area contributed by atoms with Crippen molar-refractivity contribution in [1.29, 1.82) is 0 Å². The van der Waals surface area contributed by atoms with Crippen LogP contribution in [0.3, 0.4) is 0 Å². The first-order valence-electron chi connectivity index (χ1n) is 6.85. The Morgan fingerprint density at radius 3 is 2.67 bits per heavy atom. The van der Waals surface area contributed by atoms with Crippen LogP contribution in [0.15, 0.2) is 30.3 Å². The molecular formula is C15H21N5O. The summed E-state index contributed by atoms with van der Waals surface area (Å²) in [5.74, 6) is 7.30. The molecule has 6 nitrogen and oxygen atoms in total. The largest absolute Gasteiger partial charge is 0.377 e. The van der Waals surface area contributed by atoms with Gasteiger partial charge >= 0.3 is 0 Å². The maximum atomic E-state index is 5.41. The summed E-state index contributed by atoms with van der Waals surface area (Å²) in [6.07, 6.45) is 0.932. The van der Waals surface area contributed by atoms with Gasteiger partial charge in [-0.25, -0.2) is 15.8 Å². The molecule has 0 fully saturated rings. The highest BCUT2D eigenvalue weighted by Crippen LogP contribution is 2.12. The van der Waals surface area contributed by atoms with Crippen LogP contribution in [0.5, 0.6) is 0 Å². The molecule has 0 amide bonds. The maximum absolute atomic E-state index is 5.41. The Morgan fingerprint density at radius 1 is 1.19 bits per heavy atom. The number of nitrogens with zero attached hydrogens (tertiary/aromatic N) is 2. The van der Waals surface area contributed by atoms with Gasteiger partial charge in [0.25, 0.3) is 0 Å². The fourth-order valence-electron chi connectivity index (χ4n) is 2.07. The first-order valence-corrected chi connectivity index (χ1v) is 6.85. The smallest absolute Gasteiger partial charge is 0.158 e. The molecule has 2 aromatic rings. The molecule has 1 aromatic carbocycles. The zero-order valence-electron chi connectivity index (χ0n) is 12.4. The average Bonchev–Trinajstić information content (AvgIpc) is 2.49. The quantitative estimate of drug-likeness (QED) is 0.532. The fraction of sp³-hybridized carbons (Fsp3) is 0.333. The molecule has 1 aromatic heterocycles. The zero-order valence-corrected chi connectivity index (χ0v) is 12.4. The third-order valence-electron chi connectivity index (χ3n) is 3.16. The van der Waals surface area contributed by atoms with Gasteiger partial charge in [-0.15, -0.1) is 0 Å². The Bertz CT molecular complexity index is 588. The molecule has 112 valence electrons. The van der Waals surface area contributed by atoms with E-state index in [1.165, 1.54) is 11.1 Å². The molecule has 0 aliphatic carbocycles. The lowest BCUT2D eigenvalue weighted by Gasteiger charge is -2.10. The summed E-state index contributed by atoms with van der Waals surface area (Å²) in [4.78, 5) is 8.59. The molecule has 0 saturated heterocycles. The topological polar surface area (TPSA) is 85.1 Å². The number of benzene rings is 1. The number of aryl methyl sites for hydroxylation is 1. The highest BCUT2D eigenvalue weighted by atomic mass is 16.5. The molecule has 0 radical (unpaired) electrons. The summed E-state index contributed by atoms with van der Waals surface area (Å²) in [6, 6.07) is 10.1. The molecule has 6 heteroatoms. The van der Waals surface area contributed by atoms with E-state index in [4.69, 9.17) is 10.6 Å². The van der Waals surface area contributed by atoms with Crippen molar-refractivity contribution in [3.8, 4) is 0 Å². The second kappa shape index (κ2) is 7.56. The summed E-state index contributed by atoms with van der Waals surface area (Å²) in [7, 11) is 1.61. The van der Waals surface area contributed by atoms with Crippen LogP contribution in [0.1, 0.15) is 17.0 Å². The minimum Gasteiger partial charge on any atom is -0.377 e. The molecule has 0 unspecified atom stereocenters. The first-order chi connectivity index (χ1) is 10.2. The Kier molecular flexibility index (Phi) is 5.48. The normalized spacial score (nSPS) is 10.4. The van der Waals surface area contributed by atoms with Gasteiger partial charge in [0, 0.05) is 19.7 Å². The van der Waals surface area contributed by atoms with Gasteiger partial charge < -0.3 is 15.5 Å². The van der Waals surface area contributed by atoms with Crippen LogP contribution in [0.2, 0.25) is 0 Å². The Labute approximate surface area is 124 Å². The summed E-state index contributed by atoms with van der Waals surface area (Å²) in [5.41, 5.74) is 5.16. The highest BCUT2D eigenvalue weighted by Gasteiger charge is 2.04. The molecule has 4 N–H and O–H groups in total. The van der Waals surface area contributed by atoms with Crippen molar-refractivity contribution in [3.05, 3.63) is 47.3 Å². The molecule has 21 heavy (non-hydrogen) atoms. The number of hydrogen-bond donors (Lipinski definition) is 3. The van der Waals surface area contributed by atoms with Crippen LogP contribution < -0.4 is 16.6 Å².